The molecule has 1 saturated heterocycles. The number of rotatable bonds is 3. The summed E-state index contributed by atoms with van der Waals surface area (Å²) >= 11 is 0. The number of aryl methyl sites for hydroxylation is 2. The third kappa shape index (κ3) is 4.69. The molecule has 3 nitrogen and oxygen atoms in total. The Hall–Kier alpha value is -2.34. The summed E-state index contributed by atoms with van der Waals surface area (Å²) in [6, 6.07) is 11.4. The molecule has 6 heteroatoms. The van der Waals surface area contributed by atoms with Crippen LogP contribution >= 0.6 is 0 Å². The zero-order valence-corrected chi connectivity index (χ0v) is 15.6. The van der Waals surface area contributed by atoms with Crippen molar-refractivity contribution >= 4 is 5.91 Å². The molecule has 1 fully saturated rings. The highest BCUT2D eigenvalue weighted by Gasteiger charge is 2.31. The van der Waals surface area contributed by atoms with E-state index < -0.39 is 11.7 Å². The number of hydrogen-bond donors (Lipinski definition) is 1. The van der Waals surface area contributed by atoms with Gasteiger partial charge in [-0.05, 0) is 37.6 Å². The van der Waals surface area contributed by atoms with Crippen LogP contribution in [0.25, 0.3) is 0 Å². The molecular weight excluding hydrogens is 353 g/mol. The smallest absolute Gasteiger partial charge is 0.328 e. The molecule has 3 rings (SSSR count). The van der Waals surface area contributed by atoms with E-state index >= 15 is 0 Å². The van der Waals surface area contributed by atoms with E-state index in [-0.39, 0.29) is 5.91 Å². The first-order valence-electron chi connectivity index (χ1n) is 9.10. The number of halogens is 3. The third-order valence-electron chi connectivity index (χ3n) is 5.09. The van der Waals surface area contributed by atoms with E-state index in [1.807, 2.05) is 36.9 Å². The molecule has 144 valence electrons. The van der Waals surface area contributed by atoms with E-state index in [4.69, 9.17) is 0 Å². The second-order valence-corrected chi connectivity index (χ2v) is 7.24. The van der Waals surface area contributed by atoms with Crippen molar-refractivity contribution in [3.8, 4) is 0 Å². The maximum Gasteiger partial charge on any atom is 0.416 e. The van der Waals surface area contributed by atoms with Crippen LogP contribution in [0.2, 0.25) is 0 Å². The molecule has 0 aromatic heterocycles. The number of carbonyl (C=O) groups is 1. The number of carbonyl (C=O) groups excluding carboxylic acids is 1. The van der Waals surface area contributed by atoms with Crippen molar-refractivity contribution in [2.75, 3.05) is 26.2 Å². The Morgan fingerprint density at radius 1 is 1.07 bits per heavy atom. The first-order chi connectivity index (χ1) is 12.7. The van der Waals surface area contributed by atoms with E-state index in [1.165, 1.54) is 17.0 Å². The van der Waals surface area contributed by atoms with Crippen molar-refractivity contribution in [2.45, 2.75) is 26.6 Å². The number of amides is 1. The minimum atomic E-state index is -4.32. The second kappa shape index (κ2) is 7.72. The van der Waals surface area contributed by atoms with Crippen molar-refractivity contribution < 1.29 is 22.9 Å². The van der Waals surface area contributed by atoms with Gasteiger partial charge in [0.15, 0.2) is 0 Å². The molecule has 1 aliphatic rings. The molecule has 2 aromatic rings. The van der Waals surface area contributed by atoms with Gasteiger partial charge in [0.1, 0.15) is 6.54 Å². The molecule has 0 saturated carbocycles. The zero-order chi connectivity index (χ0) is 19.6. The molecule has 0 spiro atoms. The molecule has 1 amide bonds. The summed E-state index contributed by atoms with van der Waals surface area (Å²) in [5, 5.41) is 0. The van der Waals surface area contributed by atoms with E-state index in [2.05, 4.69) is 0 Å². The molecule has 0 aliphatic carbocycles. The van der Waals surface area contributed by atoms with Crippen LogP contribution in [-0.2, 0) is 12.7 Å². The van der Waals surface area contributed by atoms with Gasteiger partial charge in [-0.3, -0.25) is 4.79 Å². The minimum absolute atomic E-state index is 0.0364. The van der Waals surface area contributed by atoms with Gasteiger partial charge in [0.05, 0.1) is 31.7 Å². The Bertz CT molecular complexity index is 824. The van der Waals surface area contributed by atoms with E-state index in [1.54, 1.807) is 6.07 Å². The first-order valence-corrected chi connectivity index (χ1v) is 9.10. The summed E-state index contributed by atoms with van der Waals surface area (Å²) in [5.41, 5.74) is 2.82. The van der Waals surface area contributed by atoms with E-state index in [0.717, 1.165) is 35.8 Å². The Kier molecular flexibility index (Phi) is 5.56. The highest BCUT2D eigenvalue weighted by molar-refractivity contribution is 5.95. The van der Waals surface area contributed by atoms with Crippen molar-refractivity contribution in [3.63, 3.8) is 0 Å². The van der Waals surface area contributed by atoms with Crippen molar-refractivity contribution in [2.24, 2.45) is 0 Å². The maximum atomic E-state index is 12.9. The lowest BCUT2D eigenvalue weighted by Crippen LogP contribution is -3.13. The summed E-state index contributed by atoms with van der Waals surface area (Å²) in [7, 11) is 0. The van der Waals surface area contributed by atoms with Gasteiger partial charge in [0.25, 0.3) is 5.91 Å². The first kappa shape index (κ1) is 19.4. The molecular formula is C21H24F3N2O+. The number of nitrogens with zero attached hydrogens (tertiary/aromatic N) is 1. The largest absolute Gasteiger partial charge is 0.416 e. The number of nitrogens with one attached hydrogen (secondary N) is 1. The van der Waals surface area contributed by atoms with Crippen molar-refractivity contribution in [3.05, 3.63) is 70.3 Å². The van der Waals surface area contributed by atoms with Crippen LogP contribution < -0.4 is 4.90 Å². The summed E-state index contributed by atoms with van der Waals surface area (Å²) < 4.78 is 38.6. The highest BCUT2D eigenvalue weighted by atomic mass is 19.4. The Morgan fingerprint density at radius 2 is 1.78 bits per heavy atom. The molecule has 2 aromatic carbocycles. The number of piperazine rings is 1. The number of quaternary nitrogens is 1. The lowest BCUT2D eigenvalue weighted by molar-refractivity contribution is -0.917. The van der Waals surface area contributed by atoms with Gasteiger partial charge in [-0.15, -0.1) is 0 Å². The average Bonchev–Trinajstić information content (AvgIpc) is 2.63. The van der Waals surface area contributed by atoms with Gasteiger partial charge in [0, 0.05) is 11.1 Å². The highest BCUT2D eigenvalue weighted by Crippen LogP contribution is 2.29. The van der Waals surface area contributed by atoms with E-state index in [9.17, 15) is 18.0 Å². The standard InChI is InChI=1S/C21H23F3N2O/c1-15-6-7-16(2)19(12-15)20(27)26-10-8-25(9-11-26)14-17-4-3-5-18(13-17)21(22,23)24/h3-7,12-13H,8-11,14H2,1-2H3/p+1. The maximum absolute atomic E-state index is 12.9. The van der Waals surface area contributed by atoms with E-state index in [0.29, 0.717) is 25.2 Å². The van der Waals surface area contributed by atoms with Gasteiger partial charge >= 0.3 is 6.18 Å². The monoisotopic (exact) mass is 377 g/mol. The number of alkyl halides is 3. The SMILES string of the molecule is Cc1ccc(C)c(C(=O)N2CC[NH+](Cc3cccc(C(F)(F)F)c3)CC2)c1. The second-order valence-electron chi connectivity index (χ2n) is 7.24. The molecule has 0 radical (unpaired) electrons. The Labute approximate surface area is 157 Å². The Balaban J connectivity index is 1.61. The summed E-state index contributed by atoms with van der Waals surface area (Å²) in [6.07, 6.45) is -4.32. The molecule has 1 N–H and O–H groups in total. The van der Waals surface area contributed by atoms with Gasteiger partial charge in [-0.2, -0.15) is 13.2 Å². The van der Waals surface area contributed by atoms with Crippen LogP contribution in [0.4, 0.5) is 13.2 Å². The number of benzene rings is 2. The van der Waals surface area contributed by atoms with Gasteiger partial charge in [-0.25, -0.2) is 0 Å². The summed E-state index contributed by atoms with van der Waals surface area (Å²) in [5.74, 6) is 0.0364. The lowest BCUT2D eigenvalue weighted by Gasteiger charge is -2.32. The normalized spacial score (nSPS) is 15.8. The van der Waals surface area contributed by atoms with Crippen LogP contribution in [0.3, 0.4) is 0 Å². The zero-order valence-electron chi connectivity index (χ0n) is 15.6. The van der Waals surface area contributed by atoms with Gasteiger partial charge in [-0.1, -0.05) is 29.8 Å². The molecule has 27 heavy (non-hydrogen) atoms. The van der Waals surface area contributed by atoms with Crippen LogP contribution in [0, 0.1) is 13.8 Å². The average molecular weight is 377 g/mol. The predicted molar refractivity (Wildman–Crippen MR) is 97.7 cm³/mol. The molecule has 0 bridgehead atoms. The summed E-state index contributed by atoms with van der Waals surface area (Å²) in [4.78, 5) is 15.8. The fraction of sp³-hybridized carbons (Fsp3) is 0.381. The topological polar surface area (TPSA) is 24.8 Å². The van der Waals surface area contributed by atoms with Crippen LogP contribution in [0.15, 0.2) is 42.5 Å². The fourth-order valence-corrected chi connectivity index (χ4v) is 3.49. The molecule has 1 aliphatic heterocycles. The fourth-order valence-electron chi connectivity index (χ4n) is 3.49. The molecule has 0 atom stereocenters. The van der Waals surface area contributed by atoms with Gasteiger partial charge in [0.2, 0.25) is 0 Å². The molecule has 0 unspecified atom stereocenters. The lowest BCUT2D eigenvalue weighted by atomic mass is 10.0. The molecule has 1 heterocycles. The number of hydrogen-bond acceptors (Lipinski definition) is 1. The minimum Gasteiger partial charge on any atom is -0.328 e. The van der Waals surface area contributed by atoms with Crippen LogP contribution in [0.5, 0.6) is 0 Å². The predicted octanol–water partition coefficient (Wildman–Crippen LogP) is 2.86. The summed E-state index contributed by atoms with van der Waals surface area (Å²) in [6.45, 7) is 7.12. The van der Waals surface area contributed by atoms with Gasteiger partial charge < -0.3 is 9.80 Å². The van der Waals surface area contributed by atoms with Crippen molar-refractivity contribution in [1.82, 2.24) is 4.90 Å². The van der Waals surface area contributed by atoms with Crippen LogP contribution in [0.1, 0.15) is 32.6 Å². The van der Waals surface area contributed by atoms with Crippen LogP contribution in [-0.4, -0.2) is 37.0 Å². The quantitative estimate of drug-likeness (QED) is 0.874. The van der Waals surface area contributed by atoms with Crippen molar-refractivity contribution in [1.29, 1.82) is 0 Å². The Morgan fingerprint density at radius 3 is 2.44 bits per heavy atom. The third-order valence-corrected chi connectivity index (χ3v) is 5.09.